The van der Waals surface area contributed by atoms with Crippen LogP contribution in [0.4, 0.5) is 4.79 Å². The number of ether oxygens (including phenoxy) is 1. The summed E-state index contributed by atoms with van der Waals surface area (Å²) in [7, 11) is 0. The number of hydrogen-bond donors (Lipinski definition) is 1. The Morgan fingerprint density at radius 2 is 1.94 bits per heavy atom. The molecule has 1 aliphatic rings. The Labute approximate surface area is 99.5 Å². The molecule has 2 amide bonds. The van der Waals surface area contributed by atoms with Crippen LogP contribution >= 0.6 is 0 Å². The zero-order valence-corrected chi connectivity index (χ0v) is 10.4. The average Bonchev–Trinajstić information content (AvgIpc) is 2.42. The van der Waals surface area contributed by atoms with Crippen molar-refractivity contribution in [3.8, 4) is 0 Å². The molecule has 0 aromatic carbocycles. The second-order valence-electron chi connectivity index (χ2n) is 5.32. The van der Waals surface area contributed by atoms with Gasteiger partial charge >= 0.3 is 12.1 Å². The summed E-state index contributed by atoms with van der Waals surface area (Å²) in [5.74, 6) is -1.92. The van der Waals surface area contributed by atoms with Gasteiger partial charge < -0.3 is 9.84 Å². The van der Waals surface area contributed by atoms with Gasteiger partial charge in [0.05, 0.1) is 0 Å². The second kappa shape index (κ2) is 4.01. The van der Waals surface area contributed by atoms with Gasteiger partial charge in [-0.15, -0.1) is 0 Å². The summed E-state index contributed by atoms with van der Waals surface area (Å²) in [5.41, 5.74) is -2.23. The molecule has 6 heteroatoms. The predicted octanol–water partition coefficient (Wildman–Crippen LogP) is 1.24. The van der Waals surface area contributed by atoms with Gasteiger partial charge in [0.2, 0.25) is 5.91 Å². The number of carboxylic acid groups (broad SMARTS) is 1. The molecule has 0 aliphatic carbocycles. The first-order valence-corrected chi connectivity index (χ1v) is 5.36. The van der Waals surface area contributed by atoms with Crippen LogP contribution < -0.4 is 0 Å². The molecule has 1 fully saturated rings. The van der Waals surface area contributed by atoms with E-state index in [0.717, 1.165) is 4.90 Å². The maximum Gasteiger partial charge on any atom is 0.417 e. The molecule has 1 aliphatic heterocycles. The van der Waals surface area contributed by atoms with Gasteiger partial charge in [0.1, 0.15) is 11.0 Å². The molecule has 1 saturated heterocycles. The molecular weight excluding hydrogens is 226 g/mol. The predicted molar refractivity (Wildman–Crippen MR) is 58.3 cm³/mol. The molecule has 6 nitrogen and oxygen atoms in total. The first-order valence-electron chi connectivity index (χ1n) is 5.36. The molecule has 0 spiro atoms. The highest BCUT2D eigenvalue weighted by Gasteiger charge is 2.51. The lowest BCUT2D eigenvalue weighted by molar-refractivity contribution is -0.154. The number of imide groups is 1. The van der Waals surface area contributed by atoms with E-state index in [1.807, 2.05) is 0 Å². The Hall–Kier alpha value is -1.59. The van der Waals surface area contributed by atoms with Gasteiger partial charge in [0.25, 0.3) is 0 Å². The number of carboxylic acids is 1. The number of carbonyl (C=O) groups excluding carboxylic acids is 2. The molecule has 96 valence electrons. The van der Waals surface area contributed by atoms with Crippen LogP contribution in [0.15, 0.2) is 0 Å². The fourth-order valence-corrected chi connectivity index (χ4v) is 1.53. The molecule has 0 saturated carbocycles. The summed E-state index contributed by atoms with van der Waals surface area (Å²) >= 11 is 0. The van der Waals surface area contributed by atoms with E-state index < -0.39 is 29.0 Å². The third-order valence-electron chi connectivity index (χ3n) is 2.64. The maximum atomic E-state index is 11.8. The van der Waals surface area contributed by atoms with Crippen LogP contribution in [0.5, 0.6) is 0 Å². The minimum atomic E-state index is -1.52. The smallest absolute Gasteiger partial charge is 0.417 e. The van der Waals surface area contributed by atoms with E-state index >= 15 is 0 Å². The Kier molecular flexibility index (Phi) is 3.18. The molecule has 0 aromatic heterocycles. The minimum absolute atomic E-state index is 0.0799. The van der Waals surface area contributed by atoms with Crippen molar-refractivity contribution in [2.45, 2.75) is 39.7 Å². The fraction of sp³-hybridized carbons (Fsp3) is 0.727. The summed E-state index contributed by atoms with van der Waals surface area (Å²) in [6.07, 6.45) is -0.673. The monoisotopic (exact) mass is 243 g/mol. The van der Waals surface area contributed by atoms with E-state index in [9.17, 15) is 14.4 Å². The van der Waals surface area contributed by atoms with Crippen molar-refractivity contribution >= 4 is 18.0 Å². The van der Waals surface area contributed by atoms with Crippen LogP contribution in [0.1, 0.15) is 34.1 Å². The number of hydrogen-bond acceptors (Lipinski definition) is 4. The largest absolute Gasteiger partial charge is 0.480 e. The number of nitrogens with zero attached hydrogens (tertiary/aromatic N) is 1. The standard InChI is InChI=1S/C11H17NO5/c1-10(2,3)17-9(16)12-6-5-11(4,7(12)13)8(14)15/h5-6H2,1-4H3,(H,14,15). The lowest BCUT2D eigenvalue weighted by Gasteiger charge is -2.24. The lowest BCUT2D eigenvalue weighted by Crippen LogP contribution is -2.43. The Bertz CT molecular complexity index is 371. The Morgan fingerprint density at radius 3 is 2.29 bits per heavy atom. The van der Waals surface area contributed by atoms with Gasteiger partial charge in [-0.1, -0.05) is 0 Å². The van der Waals surface area contributed by atoms with Crippen LogP contribution in [-0.2, 0) is 14.3 Å². The molecule has 1 rings (SSSR count). The third kappa shape index (κ3) is 2.57. The van der Waals surface area contributed by atoms with E-state index in [0.29, 0.717) is 0 Å². The van der Waals surface area contributed by atoms with E-state index in [2.05, 4.69) is 0 Å². The average molecular weight is 243 g/mol. The van der Waals surface area contributed by atoms with Crippen molar-refractivity contribution in [1.29, 1.82) is 0 Å². The van der Waals surface area contributed by atoms with Crippen LogP contribution in [0.2, 0.25) is 0 Å². The van der Waals surface area contributed by atoms with Gasteiger partial charge in [-0.2, -0.15) is 0 Å². The molecule has 17 heavy (non-hydrogen) atoms. The van der Waals surface area contributed by atoms with Gasteiger partial charge in [-0.25, -0.2) is 9.69 Å². The van der Waals surface area contributed by atoms with Crippen molar-refractivity contribution in [3.05, 3.63) is 0 Å². The molecule has 1 N–H and O–H groups in total. The summed E-state index contributed by atoms with van der Waals surface area (Å²) in [6.45, 7) is 6.45. The quantitative estimate of drug-likeness (QED) is 0.700. The normalized spacial score (nSPS) is 24.9. The fourth-order valence-electron chi connectivity index (χ4n) is 1.53. The first kappa shape index (κ1) is 13.5. The highest BCUT2D eigenvalue weighted by molar-refractivity contribution is 6.08. The van der Waals surface area contributed by atoms with E-state index in [1.54, 1.807) is 20.8 Å². The molecule has 1 unspecified atom stereocenters. The lowest BCUT2D eigenvalue weighted by atomic mass is 9.89. The van der Waals surface area contributed by atoms with Crippen LogP contribution in [0.3, 0.4) is 0 Å². The number of amides is 2. The van der Waals surface area contributed by atoms with Crippen molar-refractivity contribution in [2.24, 2.45) is 5.41 Å². The second-order valence-corrected chi connectivity index (χ2v) is 5.32. The van der Waals surface area contributed by atoms with Crippen molar-refractivity contribution in [2.75, 3.05) is 6.54 Å². The number of rotatable bonds is 1. The van der Waals surface area contributed by atoms with Gasteiger partial charge in [-0.3, -0.25) is 9.59 Å². The minimum Gasteiger partial charge on any atom is -0.480 e. The van der Waals surface area contributed by atoms with Gasteiger partial charge in [-0.05, 0) is 34.1 Å². The maximum absolute atomic E-state index is 11.8. The topological polar surface area (TPSA) is 83.9 Å². The van der Waals surface area contributed by atoms with Crippen molar-refractivity contribution in [3.63, 3.8) is 0 Å². The van der Waals surface area contributed by atoms with E-state index in [-0.39, 0.29) is 13.0 Å². The van der Waals surface area contributed by atoms with Crippen LogP contribution in [0, 0.1) is 5.41 Å². The summed E-state index contributed by atoms with van der Waals surface area (Å²) < 4.78 is 5.04. The number of carbonyl (C=O) groups is 3. The van der Waals surface area contributed by atoms with E-state index in [1.165, 1.54) is 6.92 Å². The summed E-state index contributed by atoms with van der Waals surface area (Å²) in [4.78, 5) is 35.4. The Balaban J connectivity index is 2.81. The van der Waals surface area contributed by atoms with Crippen LogP contribution in [-0.4, -0.2) is 40.1 Å². The van der Waals surface area contributed by atoms with Crippen molar-refractivity contribution < 1.29 is 24.2 Å². The van der Waals surface area contributed by atoms with E-state index in [4.69, 9.17) is 9.84 Å². The third-order valence-corrected chi connectivity index (χ3v) is 2.64. The SMILES string of the molecule is CC(C)(C)OC(=O)N1CCC(C)(C(=O)O)C1=O. The van der Waals surface area contributed by atoms with Gasteiger partial charge in [0.15, 0.2) is 0 Å². The highest BCUT2D eigenvalue weighted by Crippen LogP contribution is 2.32. The molecule has 1 atom stereocenters. The van der Waals surface area contributed by atoms with Crippen molar-refractivity contribution in [1.82, 2.24) is 4.90 Å². The first-order chi connectivity index (χ1) is 7.58. The Morgan fingerprint density at radius 1 is 1.41 bits per heavy atom. The molecule has 0 bridgehead atoms. The molecular formula is C11H17NO5. The molecule has 0 aromatic rings. The number of likely N-dealkylation sites (tertiary alicyclic amines) is 1. The van der Waals surface area contributed by atoms with Crippen LogP contribution in [0.25, 0.3) is 0 Å². The highest BCUT2D eigenvalue weighted by atomic mass is 16.6. The zero-order valence-electron chi connectivity index (χ0n) is 10.4. The summed E-state index contributed by atoms with van der Waals surface area (Å²) in [5, 5.41) is 8.98. The molecule has 1 heterocycles. The number of aliphatic carboxylic acids is 1. The zero-order chi connectivity index (χ0) is 13.4. The van der Waals surface area contributed by atoms with Gasteiger partial charge in [0, 0.05) is 6.54 Å². The summed E-state index contributed by atoms with van der Waals surface area (Å²) in [6, 6.07) is 0. The molecule has 0 radical (unpaired) electrons.